The maximum atomic E-state index is 13.1. The first-order chi connectivity index (χ1) is 15.8. The Kier molecular flexibility index (Phi) is 8.04. The van der Waals surface area contributed by atoms with E-state index in [0.29, 0.717) is 36.3 Å². The lowest BCUT2D eigenvalue weighted by Crippen LogP contribution is -2.57. The molecule has 1 fully saturated rings. The van der Waals surface area contributed by atoms with Crippen molar-refractivity contribution < 1.29 is 19.1 Å². The number of carbonyl (C=O) groups is 1. The van der Waals surface area contributed by atoms with Crippen LogP contribution in [0.1, 0.15) is 74.3 Å². The Balaban J connectivity index is 1.92. The van der Waals surface area contributed by atoms with Crippen molar-refractivity contribution in [2.75, 3.05) is 6.61 Å². The Hall–Kier alpha value is -1.27. The van der Waals surface area contributed by atoms with E-state index < -0.39 is 19.3 Å². The second-order valence-electron chi connectivity index (χ2n) is 11.9. The van der Waals surface area contributed by atoms with Crippen LogP contribution in [0.15, 0.2) is 42.0 Å². The van der Waals surface area contributed by atoms with Crippen LogP contribution in [0.5, 0.6) is 0 Å². The molecule has 0 aromatic heterocycles. The molecule has 1 saturated carbocycles. The van der Waals surface area contributed by atoms with Crippen molar-refractivity contribution in [2.45, 2.75) is 104 Å². The van der Waals surface area contributed by atoms with E-state index in [-0.39, 0.29) is 23.7 Å². The van der Waals surface area contributed by atoms with E-state index in [2.05, 4.69) is 48.5 Å². The summed E-state index contributed by atoms with van der Waals surface area (Å²) in [4.78, 5) is 13.1. The van der Waals surface area contributed by atoms with Crippen molar-refractivity contribution in [3.05, 3.63) is 47.5 Å². The highest BCUT2D eigenvalue weighted by Crippen LogP contribution is 2.58. The summed E-state index contributed by atoms with van der Waals surface area (Å²) in [5.41, 5.74) is 1.49. The molecule has 5 heteroatoms. The van der Waals surface area contributed by atoms with Crippen LogP contribution in [-0.2, 0) is 20.6 Å². The molecule has 190 valence electrons. The fraction of sp³-hybridized carbons (Fsp3) is 0.690. The van der Waals surface area contributed by atoms with Crippen molar-refractivity contribution in [3.63, 3.8) is 0 Å². The molecule has 0 bridgehead atoms. The first-order valence-electron chi connectivity index (χ1n) is 13.1. The van der Waals surface area contributed by atoms with Gasteiger partial charge in [-0.05, 0) is 33.8 Å². The van der Waals surface area contributed by atoms with Gasteiger partial charge in [0.15, 0.2) is 5.78 Å². The first-order valence-corrected chi connectivity index (χ1v) is 15.2. The van der Waals surface area contributed by atoms with Gasteiger partial charge in [-0.2, -0.15) is 0 Å². The van der Waals surface area contributed by atoms with Crippen LogP contribution in [0.4, 0.5) is 0 Å². The molecule has 1 aromatic rings. The number of hydrogen-bond acceptors (Lipinski definition) is 4. The highest BCUT2D eigenvalue weighted by molar-refractivity contribution is 6.77. The maximum Gasteiger partial charge on any atom is 0.200 e. The Morgan fingerprint density at radius 2 is 1.59 bits per heavy atom. The molecule has 3 rings (SSSR count). The van der Waals surface area contributed by atoms with Crippen molar-refractivity contribution >= 4 is 14.1 Å². The lowest BCUT2D eigenvalue weighted by molar-refractivity contribution is -0.149. The van der Waals surface area contributed by atoms with Gasteiger partial charge in [0.2, 0.25) is 8.32 Å². The van der Waals surface area contributed by atoms with Crippen molar-refractivity contribution in [2.24, 2.45) is 17.3 Å². The summed E-state index contributed by atoms with van der Waals surface area (Å²) in [7, 11) is -2.14. The fourth-order valence-electron chi connectivity index (χ4n) is 6.94. The van der Waals surface area contributed by atoms with Crippen LogP contribution in [0.3, 0.4) is 0 Å². The minimum Gasteiger partial charge on any atom is -0.412 e. The molecule has 0 amide bonds. The van der Waals surface area contributed by atoms with Gasteiger partial charge in [0, 0.05) is 23.7 Å². The number of carbonyl (C=O) groups excluding carboxylic acids is 1. The second-order valence-corrected chi connectivity index (χ2v) is 17.4. The van der Waals surface area contributed by atoms with Crippen molar-refractivity contribution in [1.29, 1.82) is 0 Å². The summed E-state index contributed by atoms with van der Waals surface area (Å²) in [5.74, 6) is -0.249. The molecule has 2 aliphatic carbocycles. The molecule has 4 nitrogen and oxygen atoms in total. The zero-order valence-electron chi connectivity index (χ0n) is 22.7. The largest absolute Gasteiger partial charge is 0.412 e. The summed E-state index contributed by atoms with van der Waals surface area (Å²) in [6, 6.07) is 10.1. The standard InChI is InChI=1S/C29H46O4Si/c1-19(2)34(20(3)4,21(5)6)33-27-16-29(31)25(22(27)7)15-26(30)23(8)28(29,9)18-32-17-24-13-11-10-12-14-24/h10-15,19-23,27,31H,16-18H2,1-9H3/t22-,23-,27+,28+,29-/m0/s1. The summed E-state index contributed by atoms with van der Waals surface area (Å²) in [6.07, 6.45) is 2.15. The van der Waals surface area contributed by atoms with Gasteiger partial charge in [-0.1, -0.05) is 92.6 Å². The molecule has 34 heavy (non-hydrogen) atoms. The van der Waals surface area contributed by atoms with E-state index in [0.717, 1.165) is 11.1 Å². The molecule has 0 spiro atoms. The number of hydrogen-bond donors (Lipinski definition) is 1. The SMILES string of the molecule is CC(C)[Si](O[C@@H]1C[C@]2(O)C(=CC(=O)[C@H](C)[C@@]2(C)COCc2ccccc2)[C@@H]1C)(C(C)C)C(C)C. The molecule has 5 atom stereocenters. The van der Waals surface area contributed by atoms with Crippen LogP contribution in [0, 0.1) is 17.3 Å². The van der Waals surface area contributed by atoms with Crippen molar-refractivity contribution in [3.8, 4) is 0 Å². The predicted molar refractivity (Wildman–Crippen MR) is 141 cm³/mol. The number of benzene rings is 1. The van der Waals surface area contributed by atoms with Crippen LogP contribution < -0.4 is 0 Å². The highest BCUT2D eigenvalue weighted by Gasteiger charge is 2.63. The minimum atomic E-state index is -2.14. The van der Waals surface area contributed by atoms with E-state index in [9.17, 15) is 9.90 Å². The van der Waals surface area contributed by atoms with Gasteiger partial charge in [-0.15, -0.1) is 0 Å². The average Bonchev–Trinajstić information content (AvgIpc) is 3.01. The summed E-state index contributed by atoms with van der Waals surface area (Å²) in [5, 5.41) is 12.3. The number of ether oxygens (including phenoxy) is 1. The lowest BCUT2D eigenvalue weighted by Gasteiger charge is -2.49. The van der Waals surface area contributed by atoms with Gasteiger partial charge < -0.3 is 14.3 Å². The number of allylic oxidation sites excluding steroid dienone is 1. The second kappa shape index (κ2) is 10.0. The van der Waals surface area contributed by atoms with E-state index >= 15 is 0 Å². The number of fused-ring (bicyclic) bond motifs is 1. The molecular weight excluding hydrogens is 440 g/mol. The zero-order chi connectivity index (χ0) is 25.5. The van der Waals surface area contributed by atoms with Gasteiger partial charge in [-0.25, -0.2) is 0 Å². The van der Waals surface area contributed by atoms with Crippen LogP contribution in [0.2, 0.25) is 16.6 Å². The van der Waals surface area contributed by atoms with Crippen molar-refractivity contribution in [1.82, 2.24) is 0 Å². The van der Waals surface area contributed by atoms with E-state index in [1.165, 1.54) is 0 Å². The summed E-state index contributed by atoms with van der Waals surface area (Å²) < 4.78 is 13.3. The monoisotopic (exact) mass is 486 g/mol. The summed E-state index contributed by atoms with van der Waals surface area (Å²) in [6.45, 7) is 20.6. The van der Waals surface area contributed by atoms with Crippen LogP contribution in [-0.4, -0.2) is 37.5 Å². The predicted octanol–water partition coefficient (Wildman–Crippen LogP) is 6.69. The molecule has 1 N–H and O–H groups in total. The number of aliphatic hydroxyl groups is 1. The summed E-state index contributed by atoms with van der Waals surface area (Å²) >= 11 is 0. The quantitative estimate of drug-likeness (QED) is 0.395. The molecule has 1 aromatic carbocycles. The normalized spacial score (nSPS) is 32.0. The van der Waals surface area contributed by atoms with E-state index in [1.807, 2.05) is 44.2 Å². The third-order valence-corrected chi connectivity index (χ3v) is 15.3. The van der Waals surface area contributed by atoms with Gasteiger partial charge in [0.1, 0.15) is 0 Å². The molecule has 0 unspecified atom stereocenters. The number of ketones is 1. The van der Waals surface area contributed by atoms with E-state index in [4.69, 9.17) is 9.16 Å². The van der Waals surface area contributed by atoms with E-state index in [1.54, 1.807) is 6.08 Å². The smallest absolute Gasteiger partial charge is 0.200 e. The fourth-order valence-corrected chi connectivity index (χ4v) is 12.6. The molecule has 0 heterocycles. The molecule has 2 aliphatic rings. The highest BCUT2D eigenvalue weighted by atomic mass is 28.4. The Labute approximate surface area is 208 Å². The third-order valence-electron chi connectivity index (χ3n) is 9.22. The Morgan fingerprint density at radius 1 is 1.03 bits per heavy atom. The van der Waals surface area contributed by atoms with Gasteiger partial charge in [-0.3, -0.25) is 4.79 Å². The number of rotatable bonds is 9. The van der Waals surface area contributed by atoms with Crippen LogP contribution in [0.25, 0.3) is 0 Å². The third kappa shape index (κ3) is 4.38. The molecule has 0 saturated heterocycles. The Bertz CT molecular complexity index is 871. The topological polar surface area (TPSA) is 55.8 Å². The lowest BCUT2D eigenvalue weighted by atomic mass is 9.59. The molecule has 0 radical (unpaired) electrons. The Morgan fingerprint density at radius 3 is 2.12 bits per heavy atom. The molecular formula is C29H46O4Si. The van der Waals surface area contributed by atoms with Gasteiger partial charge in [0.25, 0.3) is 0 Å². The zero-order valence-corrected chi connectivity index (χ0v) is 23.7. The first kappa shape index (κ1) is 27.3. The van der Waals surface area contributed by atoms with Crippen LogP contribution >= 0.6 is 0 Å². The molecule has 0 aliphatic heterocycles. The van der Waals surface area contributed by atoms with Gasteiger partial charge in [0.05, 0.1) is 24.9 Å². The minimum absolute atomic E-state index is 0.00183. The average molecular weight is 487 g/mol. The maximum absolute atomic E-state index is 13.1. The van der Waals surface area contributed by atoms with Gasteiger partial charge >= 0.3 is 0 Å².